The molecule has 3 heteroatoms. The number of hydrogen-bond acceptors (Lipinski definition) is 1. The van der Waals surface area contributed by atoms with Crippen LogP contribution in [0.25, 0.3) is 0 Å². The Bertz CT molecular complexity index is 258. The predicted molar refractivity (Wildman–Crippen MR) is 66.9 cm³/mol. The second-order valence-electron chi connectivity index (χ2n) is 3.07. The Morgan fingerprint density at radius 2 is 1.93 bits per heavy atom. The van der Waals surface area contributed by atoms with E-state index in [4.69, 9.17) is 4.74 Å². The largest absolute Gasteiger partial charge is 0.373 e. The van der Waals surface area contributed by atoms with Gasteiger partial charge in [0.2, 0.25) is 0 Å². The Kier molecular flexibility index (Phi) is 5.75. The molecule has 0 spiro atoms. The lowest BCUT2D eigenvalue weighted by molar-refractivity contribution is 0.0704. The summed E-state index contributed by atoms with van der Waals surface area (Å²) < 4.78 is 6.81. The molecule has 78 valence electrons. The maximum Gasteiger partial charge on any atom is 0.0921 e. The minimum absolute atomic E-state index is 0.169. The van der Waals surface area contributed by atoms with Gasteiger partial charge >= 0.3 is 0 Å². The highest BCUT2D eigenvalue weighted by Gasteiger charge is 2.09. The van der Waals surface area contributed by atoms with Gasteiger partial charge in [-0.2, -0.15) is 0 Å². The van der Waals surface area contributed by atoms with Crippen molar-refractivity contribution < 1.29 is 4.74 Å². The first-order valence-electron chi connectivity index (χ1n) is 4.71. The SMILES string of the molecule is CCCOC(CBr)c1ccc(Br)cc1. The zero-order valence-electron chi connectivity index (χ0n) is 8.17. The van der Waals surface area contributed by atoms with E-state index in [0.717, 1.165) is 22.8 Å². The van der Waals surface area contributed by atoms with Gasteiger partial charge in [0.25, 0.3) is 0 Å². The van der Waals surface area contributed by atoms with Crippen molar-refractivity contribution in [1.29, 1.82) is 0 Å². The van der Waals surface area contributed by atoms with Gasteiger partial charge in [-0.15, -0.1) is 0 Å². The minimum Gasteiger partial charge on any atom is -0.373 e. The molecule has 0 aliphatic rings. The van der Waals surface area contributed by atoms with Gasteiger partial charge in [-0.25, -0.2) is 0 Å². The fourth-order valence-corrected chi connectivity index (χ4v) is 1.99. The van der Waals surface area contributed by atoms with E-state index in [-0.39, 0.29) is 6.10 Å². The monoisotopic (exact) mass is 320 g/mol. The molecule has 1 rings (SSSR count). The van der Waals surface area contributed by atoms with E-state index in [1.165, 1.54) is 5.56 Å². The molecule has 0 N–H and O–H groups in total. The zero-order chi connectivity index (χ0) is 10.4. The number of ether oxygens (including phenoxy) is 1. The fourth-order valence-electron chi connectivity index (χ4n) is 1.17. The molecule has 0 amide bonds. The summed E-state index contributed by atoms with van der Waals surface area (Å²) in [5.41, 5.74) is 1.22. The molecule has 0 bridgehead atoms. The molecular weight excluding hydrogens is 308 g/mol. The molecule has 14 heavy (non-hydrogen) atoms. The third-order valence-corrected chi connectivity index (χ3v) is 3.02. The first-order valence-corrected chi connectivity index (χ1v) is 6.62. The lowest BCUT2D eigenvalue weighted by Crippen LogP contribution is -2.06. The normalized spacial score (nSPS) is 12.8. The molecule has 1 aromatic rings. The molecule has 0 radical (unpaired) electrons. The van der Waals surface area contributed by atoms with Gasteiger partial charge in [-0.3, -0.25) is 0 Å². The first-order chi connectivity index (χ1) is 6.77. The summed E-state index contributed by atoms with van der Waals surface area (Å²) >= 11 is 6.88. The number of rotatable bonds is 5. The lowest BCUT2D eigenvalue weighted by Gasteiger charge is -2.15. The Morgan fingerprint density at radius 1 is 1.29 bits per heavy atom. The van der Waals surface area contributed by atoms with Crippen LogP contribution in [0.15, 0.2) is 28.7 Å². The zero-order valence-corrected chi connectivity index (χ0v) is 11.3. The van der Waals surface area contributed by atoms with E-state index >= 15 is 0 Å². The molecule has 0 aliphatic carbocycles. The number of alkyl halides is 1. The average Bonchev–Trinajstić information content (AvgIpc) is 2.21. The molecule has 0 aromatic heterocycles. The Morgan fingerprint density at radius 3 is 2.43 bits per heavy atom. The van der Waals surface area contributed by atoms with E-state index in [0.29, 0.717) is 0 Å². The quantitative estimate of drug-likeness (QED) is 0.734. The van der Waals surface area contributed by atoms with Gasteiger partial charge in [-0.05, 0) is 24.1 Å². The standard InChI is InChI=1S/C11H14Br2O/c1-2-7-14-11(8-12)9-3-5-10(13)6-4-9/h3-6,11H,2,7-8H2,1H3. The van der Waals surface area contributed by atoms with E-state index in [1.807, 2.05) is 12.1 Å². The maximum absolute atomic E-state index is 5.70. The van der Waals surface area contributed by atoms with Gasteiger partial charge in [0.15, 0.2) is 0 Å². The van der Waals surface area contributed by atoms with E-state index < -0.39 is 0 Å². The molecule has 1 unspecified atom stereocenters. The van der Waals surface area contributed by atoms with Crippen LogP contribution < -0.4 is 0 Å². The second kappa shape index (κ2) is 6.59. The van der Waals surface area contributed by atoms with Crippen LogP contribution in [0.3, 0.4) is 0 Å². The molecule has 0 heterocycles. The molecule has 1 aromatic carbocycles. The Hall–Kier alpha value is 0.140. The van der Waals surface area contributed by atoms with Crippen molar-refractivity contribution in [1.82, 2.24) is 0 Å². The highest BCUT2D eigenvalue weighted by molar-refractivity contribution is 9.10. The predicted octanol–water partition coefficient (Wildman–Crippen LogP) is 4.31. The van der Waals surface area contributed by atoms with Gasteiger partial charge in [0.05, 0.1) is 6.10 Å². The van der Waals surface area contributed by atoms with Crippen LogP contribution in [0.4, 0.5) is 0 Å². The minimum atomic E-state index is 0.169. The molecule has 1 atom stereocenters. The van der Waals surface area contributed by atoms with Crippen molar-refractivity contribution in [3.8, 4) is 0 Å². The van der Waals surface area contributed by atoms with Crippen molar-refractivity contribution in [3.05, 3.63) is 34.3 Å². The Labute approximate surface area is 102 Å². The highest BCUT2D eigenvalue weighted by atomic mass is 79.9. The Balaban J connectivity index is 2.64. The molecule has 0 saturated carbocycles. The van der Waals surface area contributed by atoms with Crippen molar-refractivity contribution in [2.45, 2.75) is 19.4 Å². The van der Waals surface area contributed by atoms with E-state index in [2.05, 4.69) is 50.9 Å². The van der Waals surface area contributed by atoms with Crippen LogP contribution in [0.2, 0.25) is 0 Å². The molecule has 0 saturated heterocycles. The fraction of sp³-hybridized carbons (Fsp3) is 0.455. The van der Waals surface area contributed by atoms with Crippen LogP contribution >= 0.6 is 31.9 Å². The summed E-state index contributed by atoms with van der Waals surface area (Å²) in [6.45, 7) is 2.93. The number of hydrogen-bond donors (Lipinski definition) is 0. The summed E-state index contributed by atoms with van der Waals surface area (Å²) in [7, 11) is 0. The number of benzene rings is 1. The van der Waals surface area contributed by atoms with Crippen molar-refractivity contribution >= 4 is 31.9 Å². The van der Waals surface area contributed by atoms with Crippen LogP contribution in [0, 0.1) is 0 Å². The van der Waals surface area contributed by atoms with Gasteiger partial charge in [-0.1, -0.05) is 50.9 Å². The third-order valence-electron chi connectivity index (χ3n) is 1.91. The van der Waals surface area contributed by atoms with Gasteiger partial charge < -0.3 is 4.74 Å². The summed E-state index contributed by atoms with van der Waals surface area (Å²) in [5, 5.41) is 0.842. The summed E-state index contributed by atoms with van der Waals surface area (Å²) in [5.74, 6) is 0. The summed E-state index contributed by atoms with van der Waals surface area (Å²) in [4.78, 5) is 0. The molecular formula is C11H14Br2O. The molecule has 0 aliphatic heterocycles. The lowest BCUT2D eigenvalue weighted by atomic mass is 10.1. The van der Waals surface area contributed by atoms with Crippen molar-refractivity contribution in [2.75, 3.05) is 11.9 Å². The summed E-state index contributed by atoms with van der Waals surface area (Å²) in [6, 6.07) is 8.26. The molecule has 0 fully saturated rings. The van der Waals surface area contributed by atoms with Gasteiger partial charge in [0.1, 0.15) is 0 Å². The van der Waals surface area contributed by atoms with Crippen molar-refractivity contribution in [3.63, 3.8) is 0 Å². The smallest absolute Gasteiger partial charge is 0.0921 e. The highest BCUT2D eigenvalue weighted by Crippen LogP contribution is 2.21. The number of halogens is 2. The van der Waals surface area contributed by atoms with Crippen LogP contribution in [0.1, 0.15) is 25.0 Å². The van der Waals surface area contributed by atoms with E-state index in [1.54, 1.807) is 0 Å². The third kappa shape index (κ3) is 3.71. The summed E-state index contributed by atoms with van der Waals surface area (Å²) in [6.07, 6.45) is 1.23. The van der Waals surface area contributed by atoms with Gasteiger partial charge in [0, 0.05) is 16.4 Å². The van der Waals surface area contributed by atoms with Crippen LogP contribution in [0.5, 0.6) is 0 Å². The maximum atomic E-state index is 5.70. The van der Waals surface area contributed by atoms with Crippen LogP contribution in [-0.4, -0.2) is 11.9 Å². The average molecular weight is 322 g/mol. The van der Waals surface area contributed by atoms with Crippen molar-refractivity contribution in [2.24, 2.45) is 0 Å². The first kappa shape index (κ1) is 12.2. The van der Waals surface area contributed by atoms with E-state index in [9.17, 15) is 0 Å². The van der Waals surface area contributed by atoms with Crippen LogP contribution in [-0.2, 0) is 4.74 Å². The second-order valence-corrected chi connectivity index (χ2v) is 4.63. The molecule has 1 nitrogen and oxygen atoms in total. The topological polar surface area (TPSA) is 9.23 Å².